The molecule has 5 aliphatic rings. The Labute approximate surface area is 337 Å². The lowest BCUT2D eigenvalue weighted by atomic mass is 9.91. The molecule has 0 aliphatic carbocycles. The molecule has 1 aromatic carbocycles. The highest BCUT2D eigenvalue weighted by Gasteiger charge is 2.36. The molecule has 1 unspecified atom stereocenters. The topological polar surface area (TPSA) is 136 Å². The lowest BCUT2D eigenvalue weighted by Crippen LogP contribution is -2.58. The summed E-state index contributed by atoms with van der Waals surface area (Å²) in [4.78, 5) is 25.7. The number of likely N-dealkylation sites (tertiary alicyclic amines) is 3. The van der Waals surface area contributed by atoms with Crippen LogP contribution in [-0.4, -0.2) is 156 Å². The van der Waals surface area contributed by atoms with E-state index in [4.69, 9.17) is 14.0 Å². The number of nitrogens with one attached hydrogen (secondary N) is 1. The molecule has 0 bridgehead atoms. The van der Waals surface area contributed by atoms with Crippen LogP contribution in [0.25, 0.3) is 11.3 Å². The van der Waals surface area contributed by atoms with Gasteiger partial charge in [-0.25, -0.2) is 0 Å². The Morgan fingerprint density at radius 1 is 0.895 bits per heavy atom. The summed E-state index contributed by atoms with van der Waals surface area (Å²) in [6.45, 7) is 19.8. The van der Waals surface area contributed by atoms with Gasteiger partial charge in [0, 0.05) is 63.0 Å². The van der Waals surface area contributed by atoms with Gasteiger partial charge in [0.1, 0.15) is 18.3 Å². The fraction of sp³-hybridized carbons (Fsp3) is 0.674. The maximum atomic E-state index is 12.4. The minimum absolute atomic E-state index is 0.0416. The Morgan fingerprint density at radius 3 is 2.33 bits per heavy atom. The Morgan fingerprint density at radius 2 is 1.61 bits per heavy atom. The molecule has 8 rings (SSSR count). The molecule has 57 heavy (non-hydrogen) atoms. The van der Waals surface area contributed by atoms with Crippen molar-refractivity contribution in [2.24, 2.45) is 11.8 Å². The number of phenols is 1. The van der Waals surface area contributed by atoms with Crippen molar-refractivity contribution in [3.05, 3.63) is 42.2 Å². The summed E-state index contributed by atoms with van der Waals surface area (Å²) >= 11 is 0. The SMILES string of the molecule is CCOC(=O)C(c1cc(OCCN2CCC(N3CCC(N4CCC(CN5CCN6c7cc(-c8ccccc8O)nnc7NC[C@H]6C5)CC4)CC3)CC2)no1)C(C)C. The average molecular weight is 786 g/mol. The number of ether oxygens (including phenoxy) is 2. The van der Waals surface area contributed by atoms with Crippen LogP contribution in [0.3, 0.4) is 0 Å². The molecule has 0 spiro atoms. The van der Waals surface area contributed by atoms with Crippen LogP contribution in [0.2, 0.25) is 0 Å². The first-order chi connectivity index (χ1) is 27.8. The Balaban J connectivity index is 0.715. The lowest BCUT2D eigenvalue weighted by Gasteiger charge is -2.47. The van der Waals surface area contributed by atoms with Gasteiger partial charge in [-0.15, -0.1) is 10.2 Å². The van der Waals surface area contributed by atoms with E-state index in [1.165, 1.54) is 71.2 Å². The highest BCUT2D eigenvalue weighted by molar-refractivity contribution is 5.78. The van der Waals surface area contributed by atoms with Gasteiger partial charge in [-0.1, -0.05) is 26.0 Å². The van der Waals surface area contributed by atoms with Gasteiger partial charge in [-0.3, -0.25) is 14.6 Å². The number of piperidine rings is 3. The van der Waals surface area contributed by atoms with Crippen LogP contribution in [0, 0.1) is 11.8 Å². The molecule has 2 aromatic heterocycles. The van der Waals surface area contributed by atoms with E-state index >= 15 is 0 Å². The maximum absolute atomic E-state index is 12.4. The second-order valence-corrected chi connectivity index (χ2v) is 17.2. The molecule has 2 atom stereocenters. The van der Waals surface area contributed by atoms with Crippen molar-refractivity contribution in [2.45, 2.75) is 83.3 Å². The van der Waals surface area contributed by atoms with Crippen molar-refractivity contribution in [1.82, 2.24) is 35.0 Å². The minimum atomic E-state index is -0.477. The van der Waals surface area contributed by atoms with Crippen LogP contribution in [0.4, 0.5) is 11.5 Å². The van der Waals surface area contributed by atoms with Gasteiger partial charge in [-0.05, 0) is 120 Å². The molecule has 5 aliphatic heterocycles. The van der Waals surface area contributed by atoms with Crippen molar-refractivity contribution >= 4 is 17.5 Å². The predicted octanol–water partition coefficient (Wildman–Crippen LogP) is 4.78. The number of piperazine rings is 1. The molecule has 0 amide bonds. The van der Waals surface area contributed by atoms with E-state index in [0.717, 1.165) is 74.8 Å². The van der Waals surface area contributed by atoms with E-state index in [0.29, 0.717) is 42.6 Å². The Bertz CT molecular complexity index is 1770. The van der Waals surface area contributed by atoms with Crippen molar-refractivity contribution < 1.29 is 23.9 Å². The molecule has 14 heteroatoms. The number of carbonyl (C=O) groups is 1. The summed E-state index contributed by atoms with van der Waals surface area (Å²) in [5, 5.41) is 26.9. The fourth-order valence-electron chi connectivity index (χ4n) is 10.0. The summed E-state index contributed by atoms with van der Waals surface area (Å²) in [5.74, 6) is 2.06. The smallest absolute Gasteiger partial charge is 0.317 e. The largest absolute Gasteiger partial charge is 0.507 e. The third-order valence-corrected chi connectivity index (χ3v) is 13.3. The number of rotatable bonds is 13. The van der Waals surface area contributed by atoms with Gasteiger partial charge in [0.15, 0.2) is 11.6 Å². The molecule has 4 saturated heterocycles. The molecule has 3 aromatic rings. The zero-order valence-electron chi connectivity index (χ0n) is 34.2. The van der Waals surface area contributed by atoms with Gasteiger partial charge in [0.05, 0.1) is 24.0 Å². The normalized spacial score (nSPS) is 22.9. The van der Waals surface area contributed by atoms with Gasteiger partial charge in [-0.2, -0.15) is 0 Å². The quantitative estimate of drug-likeness (QED) is 0.230. The molecule has 310 valence electrons. The van der Waals surface area contributed by atoms with Gasteiger partial charge in [0.25, 0.3) is 5.88 Å². The van der Waals surface area contributed by atoms with E-state index in [1.807, 2.05) is 39.0 Å². The molecule has 0 radical (unpaired) electrons. The zero-order chi connectivity index (χ0) is 39.3. The van der Waals surface area contributed by atoms with Crippen LogP contribution in [0.5, 0.6) is 11.6 Å². The first-order valence-electron chi connectivity index (χ1n) is 21.7. The molecule has 0 saturated carbocycles. The second-order valence-electron chi connectivity index (χ2n) is 17.2. The standard InChI is InChI=1S/C43H63N9O5/c1-4-55-43(54)41(30(2)3)39-26-40(47-57-39)56-24-23-48-15-11-32(12-16-48)51-19-13-33(14-20-51)50-17-9-31(10-18-50)28-49-21-22-52-34(29-49)27-44-42-37(52)25-36(45-46-42)35-7-5-6-8-38(35)53/h5-8,25-26,30-34,41,53H,4,9-24,27-29H2,1-3H3,(H,44,46)/t34-,41?/m0/s1. The molecular weight excluding hydrogens is 723 g/mol. The Hall–Kier alpha value is -3.98. The van der Waals surface area contributed by atoms with Gasteiger partial charge in [0.2, 0.25) is 0 Å². The number of aromatic hydroxyl groups is 1. The summed E-state index contributed by atoms with van der Waals surface area (Å²) in [7, 11) is 0. The monoisotopic (exact) mass is 785 g/mol. The number of anilines is 2. The number of phenolic OH excluding ortho intramolecular Hbond substituents is 1. The highest BCUT2D eigenvalue weighted by Crippen LogP contribution is 2.37. The number of benzene rings is 1. The van der Waals surface area contributed by atoms with Crippen LogP contribution in [0.15, 0.2) is 40.9 Å². The molecule has 14 nitrogen and oxygen atoms in total. The van der Waals surface area contributed by atoms with Gasteiger partial charge < -0.3 is 39.1 Å². The number of para-hydroxylation sites is 1. The van der Waals surface area contributed by atoms with E-state index in [2.05, 4.69) is 51.2 Å². The second kappa shape index (κ2) is 18.3. The summed E-state index contributed by atoms with van der Waals surface area (Å²) in [6.07, 6.45) is 7.62. The Kier molecular flexibility index (Phi) is 12.8. The predicted molar refractivity (Wildman–Crippen MR) is 220 cm³/mol. The van der Waals surface area contributed by atoms with Crippen LogP contribution >= 0.6 is 0 Å². The fourth-order valence-corrected chi connectivity index (χ4v) is 10.0. The minimum Gasteiger partial charge on any atom is -0.507 e. The first kappa shape index (κ1) is 39.8. The van der Waals surface area contributed by atoms with E-state index in [1.54, 1.807) is 12.1 Å². The van der Waals surface area contributed by atoms with Crippen LogP contribution in [0.1, 0.15) is 71.0 Å². The highest BCUT2D eigenvalue weighted by atomic mass is 16.5. The summed E-state index contributed by atoms with van der Waals surface area (Å²) in [6, 6.07) is 13.0. The van der Waals surface area contributed by atoms with Crippen molar-refractivity contribution in [3.63, 3.8) is 0 Å². The summed E-state index contributed by atoms with van der Waals surface area (Å²) < 4.78 is 16.7. The zero-order valence-corrected chi connectivity index (χ0v) is 34.2. The number of nitrogens with zero attached hydrogens (tertiary/aromatic N) is 8. The molecule has 2 N–H and O–H groups in total. The lowest BCUT2D eigenvalue weighted by molar-refractivity contribution is -0.146. The molecule has 7 heterocycles. The third kappa shape index (κ3) is 9.34. The number of fused-ring (bicyclic) bond motifs is 3. The van der Waals surface area contributed by atoms with E-state index in [9.17, 15) is 9.90 Å². The molecular formula is C43H63N9O5. The van der Waals surface area contributed by atoms with E-state index < -0.39 is 5.92 Å². The number of hydrogen-bond acceptors (Lipinski definition) is 14. The number of carbonyl (C=O) groups excluding carboxylic acids is 1. The molecule has 4 fully saturated rings. The number of esters is 1. The van der Waals surface area contributed by atoms with Crippen LogP contribution in [-0.2, 0) is 9.53 Å². The third-order valence-electron chi connectivity index (χ3n) is 13.3. The average Bonchev–Trinajstić information content (AvgIpc) is 3.69. The van der Waals surface area contributed by atoms with Crippen LogP contribution < -0.4 is 15.0 Å². The summed E-state index contributed by atoms with van der Waals surface area (Å²) in [5.41, 5.74) is 2.53. The van der Waals surface area contributed by atoms with Gasteiger partial charge >= 0.3 is 5.97 Å². The van der Waals surface area contributed by atoms with Crippen molar-refractivity contribution in [2.75, 3.05) is 102 Å². The van der Waals surface area contributed by atoms with E-state index in [-0.39, 0.29) is 17.6 Å². The van der Waals surface area contributed by atoms with Crippen molar-refractivity contribution in [1.29, 1.82) is 0 Å². The maximum Gasteiger partial charge on any atom is 0.317 e. The number of aromatic nitrogens is 3. The number of hydrogen-bond donors (Lipinski definition) is 2. The first-order valence-corrected chi connectivity index (χ1v) is 21.7. The van der Waals surface area contributed by atoms with Crippen molar-refractivity contribution in [3.8, 4) is 22.9 Å².